The third-order valence-corrected chi connectivity index (χ3v) is 1.32. The van der Waals surface area contributed by atoms with Crippen molar-refractivity contribution in [3.63, 3.8) is 0 Å². The summed E-state index contributed by atoms with van der Waals surface area (Å²) in [7, 11) is 0. The summed E-state index contributed by atoms with van der Waals surface area (Å²) in [6, 6.07) is 0. The lowest BCUT2D eigenvalue weighted by Gasteiger charge is -1.58. The molecule has 0 N–H and O–H groups in total. The Kier molecular flexibility index (Phi) is 0.621. The molecule has 0 unspecified atom stereocenters. The van der Waals surface area contributed by atoms with Crippen LogP contribution in [0.15, 0.2) is 10.7 Å². The lowest BCUT2D eigenvalue weighted by molar-refractivity contribution is 0.450. The second-order valence-corrected chi connectivity index (χ2v) is 1.81. The molecule has 2 heterocycles. The van der Waals surface area contributed by atoms with Gasteiger partial charge in [0.25, 0.3) is 5.71 Å². The van der Waals surface area contributed by atoms with E-state index in [9.17, 15) is 0 Å². The van der Waals surface area contributed by atoms with Crippen LogP contribution in [0.5, 0.6) is 0 Å². The molecule has 8 heavy (non-hydrogen) atoms. The largest absolute Gasteiger partial charge is 0.333 e. The van der Waals surface area contributed by atoms with Crippen LogP contribution in [0.2, 0.25) is 0 Å². The Bertz CT molecular complexity index is 236. The van der Waals surface area contributed by atoms with Crippen LogP contribution in [0.25, 0.3) is 11.2 Å². The molecule has 5 heteroatoms. The number of nitrogens with zero attached hydrogens (tertiary/aromatic N) is 3. The topological polar surface area (TPSA) is 51.8 Å². The van der Waals surface area contributed by atoms with Gasteiger partial charge in [0.05, 0.1) is 17.9 Å². The zero-order chi connectivity index (χ0) is 5.40. The van der Waals surface area contributed by atoms with Gasteiger partial charge in [-0.05, 0) is 0 Å². The van der Waals surface area contributed by atoms with Crippen LogP contribution in [0, 0.1) is 0 Å². The molecule has 0 saturated carbocycles. The summed E-state index contributed by atoms with van der Waals surface area (Å²) >= 11 is 1.13. The molecule has 2 rings (SSSR count). The minimum Gasteiger partial charge on any atom is -0.333 e. The van der Waals surface area contributed by atoms with Crippen molar-refractivity contribution in [2.45, 2.75) is 0 Å². The summed E-state index contributed by atoms with van der Waals surface area (Å²) < 4.78 is 12.3. The summed E-state index contributed by atoms with van der Waals surface area (Å²) in [5.74, 6) is 0. The first-order chi connectivity index (χ1) is 3.97. The lowest BCUT2D eigenvalue weighted by Crippen LogP contribution is -1.49. The van der Waals surface area contributed by atoms with Crippen molar-refractivity contribution in [3.05, 3.63) is 6.20 Å². The third-order valence-electron chi connectivity index (χ3n) is 0.796. The first-order valence-corrected chi connectivity index (χ1v) is 2.73. The highest BCUT2D eigenvalue weighted by Crippen LogP contribution is 2.07. The van der Waals surface area contributed by atoms with Crippen molar-refractivity contribution in [2.75, 3.05) is 0 Å². The molecule has 40 valence electrons. The Hall–Kier alpha value is -0.970. The summed E-state index contributed by atoms with van der Waals surface area (Å²) in [6.07, 6.45) is 1.54. The van der Waals surface area contributed by atoms with Gasteiger partial charge < -0.3 is 4.52 Å². The van der Waals surface area contributed by atoms with Crippen LogP contribution >= 0.6 is 11.7 Å². The van der Waals surface area contributed by atoms with Crippen LogP contribution in [0.3, 0.4) is 0 Å². The number of fused-ring (bicyclic) bond motifs is 1. The monoisotopic (exact) mass is 127 g/mol. The molecule has 0 aliphatic rings. The van der Waals surface area contributed by atoms with Gasteiger partial charge in [0.15, 0.2) is 5.52 Å². The van der Waals surface area contributed by atoms with Crippen molar-refractivity contribution in [1.82, 2.24) is 13.9 Å². The van der Waals surface area contributed by atoms with E-state index in [1.54, 1.807) is 6.20 Å². The van der Waals surface area contributed by atoms with Crippen LogP contribution in [-0.4, -0.2) is 13.9 Å². The molecule has 0 fully saturated rings. The highest BCUT2D eigenvalue weighted by atomic mass is 32.1. The van der Waals surface area contributed by atoms with Crippen LogP contribution in [0.1, 0.15) is 0 Å². The first kappa shape index (κ1) is 3.96. The molecule has 0 amide bonds. The molecule has 0 bridgehead atoms. The highest BCUT2D eigenvalue weighted by Gasteiger charge is 1.98. The van der Waals surface area contributed by atoms with Gasteiger partial charge in [0.2, 0.25) is 0 Å². The van der Waals surface area contributed by atoms with Crippen molar-refractivity contribution in [3.8, 4) is 0 Å². The number of rotatable bonds is 0. The van der Waals surface area contributed by atoms with Crippen molar-refractivity contribution in [2.24, 2.45) is 0 Å². The zero-order valence-electron chi connectivity index (χ0n) is 3.74. The van der Waals surface area contributed by atoms with Crippen molar-refractivity contribution >= 4 is 23.0 Å². The predicted molar refractivity (Wildman–Crippen MR) is 27.5 cm³/mol. The predicted octanol–water partition coefficient (Wildman–Crippen LogP) is 0.679. The van der Waals surface area contributed by atoms with E-state index < -0.39 is 0 Å². The van der Waals surface area contributed by atoms with E-state index in [1.807, 2.05) is 0 Å². The fraction of sp³-hybridized carbons (Fsp3) is 0. The molecule has 0 aliphatic carbocycles. The van der Waals surface area contributed by atoms with Gasteiger partial charge in [-0.2, -0.15) is 4.37 Å². The Labute approximate surface area is 48.4 Å². The molecule has 2 aromatic rings. The van der Waals surface area contributed by atoms with E-state index >= 15 is 0 Å². The summed E-state index contributed by atoms with van der Waals surface area (Å²) in [5, 5.41) is 3.47. The van der Waals surface area contributed by atoms with E-state index in [0.29, 0.717) is 5.71 Å². The minimum atomic E-state index is 0.523. The van der Waals surface area contributed by atoms with Gasteiger partial charge in [0, 0.05) is 0 Å². The summed E-state index contributed by atoms with van der Waals surface area (Å²) in [5.41, 5.74) is 1.25. The van der Waals surface area contributed by atoms with Crippen LogP contribution in [-0.2, 0) is 0 Å². The Morgan fingerprint density at radius 1 is 1.50 bits per heavy atom. The highest BCUT2D eigenvalue weighted by molar-refractivity contribution is 7.00. The molecule has 0 atom stereocenters. The molecule has 4 nitrogen and oxygen atoms in total. The second-order valence-electron chi connectivity index (χ2n) is 1.28. The smallest absolute Gasteiger partial charge is 0.289 e. The van der Waals surface area contributed by atoms with Gasteiger partial charge in [-0.3, -0.25) is 0 Å². The number of hydrogen-bond donors (Lipinski definition) is 0. The molecular formula is C3HN3OS. The third kappa shape index (κ3) is 0.362. The van der Waals surface area contributed by atoms with Gasteiger partial charge in [-0.1, -0.05) is 5.16 Å². The zero-order valence-corrected chi connectivity index (χ0v) is 4.55. The normalized spacial score (nSPS) is 10.5. The Morgan fingerprint density at radius 2 is 2.50 bits per heavy atom. The average Bonchev–Trinajstić information content (AvgIpc) is 2.15. The van der Waals surface area contributed by atoms with E-state index in [4.69, 9.17) is 0 Å². The van der Waals surface area contributed by atoms with E-state index in [2.05, 4.69) is 18.4 Å². The quantitative estimate of drug-likeness (QED) is 0.522. The fourth-order valence-electron chi connectivity index (χ4n) is 0.456. The Morgan fingerprint density at radius 3 is 3.38 bits per heavy atom. The fourth-order valence-corrected chi connectivity index (χ4v) is 0.911. The molecular weight excluding hydrogens is 126 g/mol. The molecule has 0 aliphatic heterocycles. The number of hydrogen-bond acceptors (Lipinski definition) is 5. The standard InChI is InChI=1S/C3HN3OS/c1-2-3(7-4-1)6-8-5-2/h1H. The van der Waals surface area contributed by atoms with Gasteiger partial charge >= 0.3 is 0 Å². The van der Waals surface area contributed by atoms with E-state index in [-0.39, 0.29) is 0 Å². The number of aromatic nitrogens is 3. The van der Waals surface area contributed by atoms with Crippen molar-refractivity contribution < 1.29 is 4.52 Å². The van der Waals surface area contributed by atoms with E-state index in [0.717, 1.165) is 17.2 Å². The average molecular weight is 127 g/mol. The van der Waals surface area contributed by atoms with Crippen LogP contribution in [0.4, 0.5) is 0 Å². The van der Waals surface area contributed by atoms with Crippen molar-refractivity contribution in [1.29, 1.82) is 0 Å². The Balaban J connectivity index is 3.06. The summed E-state index contributed by atoms with van der Waals surface area (Å²) in [6.45, 7) is 0. The lowest BCUT2D eigenvalue weighted by atomic mass is 10.6. The maximum absolute atomic E-state index is 4.64. The molecule has 0 radical (unpaired) electrons. The van der Waals surface area contributed by atoms with Crippen LogP contribution < -0.4 is 0 Å². The summed E-state index contributed by atoms with van der Waals surface area (Å²) in [4.78, 5) is 0. The maximum atomic E-state index is 4.64. The molecule has 0 spiro atoms. The van der Waals surface area contributed by atoms with Gasteiger partial charge in [-0.15, -0.1) is 4.37 Å². The SMILES string of the molecule is c1noc2nsnc12. The first-order valence-electron chi connectivity index (χ1n) is 2.00. The van der Waals surface area contributed by atoms with Gasteiger partial charge in [0.1, 0.15) is 0 Å². The maximum Gasteiger partial charge on any atom is 0.289 e. The second kappa shape index (κ2) is 1.25. The molecule has 2 aromatic heterocycles. The van der Waals surface area contributed by atoms with E-state index in [1.165, 1.54) is 0 Å². The molecule has 0 saturated heterocycles. The van der Waals surface area contributed by atoms with Gasteiger partial charge in [-0.25, -0.2) is 0 Å². The minimum absolute atomic E-state index is 0.523. The molecule has 0 aromatic carbocycles.